The minimum atomic E-state index is -0.703. The molecule has 0 spiro atoms. The fourth-order valence-corrected chi connectivity index (χ4v) is 2.81. The van der Waals surface area contributed by atoms with Gasteiger partial charge in [-0.25, -0.2) is 5.10 Å². The topological polar surface area (TPSA) is 132 Å². The first-order chi connectivity index (χ1) is 14.0. The van der Waals surface area contributed by atoms with Crippen molar-refractivity contribution in [1.29, 1.82) is 0 Å². The van der Waals surface area contributed by atoms with Gasteiger partial charge in [0.05, 0.1) is 32.3 Å². The number of hydrazine groups is 1. The zero-order valence-corrected chi connectivity index (χ0v) is 15.9. The van der Waals surface area contributed by atoms with E-state index in [0.29, 0.717) is 16.5 Å². The van der Waals surface area contributed by atoms with E-state index in [1.54, 1.807) is 24.3 Å². The third kappa shape index (κ3) is 3.68. The molecule has 10 nitrogen and oxygen atoms in total. The van der Waals surface area contributed by atoms with Gasteiger partial charge in [-0.1, -0.05) is 18.2 Å². The molecule has 0 aliphatic rings. The molecule has 10 heteroatoms. The quantitative estimate of drug-likeness (QED) is 0.547. The van der Waals surface area contributed by atoms with Gasteiger partial charge < -0.3 is 14.2 Å². The Morgan fingerprint density at radius 1 is 0.862 bits per heavy atom. The van der Waals surface area contributed by atoms with E-state index in [1.165, 1.54) is 33.5 Å². The predicted molar refractivity (Wildman–Crippen MR) is 103 cm³/mol. The first kappa shape index (κ1) is 19.7. The highest BCUT2D eigenvalue weighted by Crippen LogP contribution is 2.39. The van der Waals surface area contributed by atoms with Gasteiger partial charge in [-0.05, 0) is 18.2 Å². The van der Waals surface area contributed by atoms with Crippen molar-refractivity contribution >= 4 is 22.6 Å². The molecule has 3 N–H and O–H groups in total. The third-order valence-corrected chi connectivity index (χ3v) is 4.15. The van der Waals surface area contributed by atoms with Gasteiger partial charge in [0.1, 0.15) is 0 Å². The molecule has 0 saturated heterocycles. The maximum Gasteiger partial charge on any atom is 0.290 e. The molecular weight excluding hydrogens is 380 g/mol. The number of amides is 2. The van der Waals surface area contributed by atoms with E-state index in [1.807, 2.05) is 0 Å². The number of hydrogen-bond acceptors (Lipinski definition) is 7. The Morgan fingerprint density at radius 3 is 2.17 bits per heavy atom. The largest absolute Gasteiger partial charge is 0.493 e. The summed E-state index contributed by atoms with van der Waals surface area (Å²) < 4.78 is 15.7. The molecule has 0 aliphatic carbocycles. The van der Waals surface area contributed by atoms with Crippen molar-refractivity contribution in [3.05, 3.63) is 58.0 Å². The zero-order chi connectivity index (χ0) is 21.0. The summed E-state index contributed by atoms with van der Waals surface area (Å²) in [5.74, 6) is -0.586. The Bertz CT molecular complexity index is 1140. The molecule has 29 heavy (non-hydrogen) atoms. The average molecular weight is 398 g/mol. The van der Waals surface area contributed by atoms with Crippen LogP contribution in [0.4, 0.5) is 0 Å². The van der Waals surface area contributed by atoms with Crippen LogP contribution in [0.25, 0.3) is 10.8 Å². The van der Waals surface area contributed by atoms with Crippen LogP contribution < -0.4 is 30.6 Å². The zero-order valence-electron chi connectivity index (χ0n) is 15.9. The molecular formula is C19H18N4O6. The first-order valence-corrected chi connectivity index (χ1v) is 8.38. The molecule has 3 rings (SSSR count). The van der Waals surface area contributed by atoms with E-state index in [9.17, 15) is 14.4 Å². The second kappa shape index (κ2) is 8.30. The number of hydrogen-bond donors (Lipinski definition) is 3. The number of aromatic nitrogens is 2. The molecule has 150 valence electrons. The van der Waals surface area contributed by atoms with Crippen LogP contribution in [0.2, 0.25) is 0 Å². The van der Waals surface area contributed by atoms with E-state index in [4.69, 9.17) is 14.2 Å². The van der Waals surface area contributed by atoms with Crippen LogP contribution in [0.1, 0.15) is 20.8 Å². The standard InChI is InChI=1S/C19H18N4O6/c1-27-13-9-8-12(15(28-2)16(13)29-3)18(25)22-23-19(26)14-10-6-4-5-7-11(10)17(24)21-20-14/h4-9H,1-3H3,(H,21,24)(H,22,25)(H,23,26). The lowest BCUT2D eigenvalue weighted by molar-refractivity contribution is 0.0842. The lowest BCUT2D eigenvalue weighted by atomic mass is 10.1. The summed E-state index contributed by atoms with van der Waals surface area (Å²) in [4.78, 5) is 36.9. The number of methoxy groups -OCH3 is 3. The number of aromatic amines is 1. The summed E-state index contributed by atoms with van der Waals surface area (Å²) in [5, 5.41) is 6.70. The summed E-state index contributed by atoms with van der Waals surface area (Å²) in [5.41, 5.74) is 4.22. The average Bonchev–Trinajstić information content (AvgIpc) is 2.76. The highest BCUT2D eigenvalue weighted by molar-refractivity contribution is 6.06. The molecule has 0 bridgehead atoms. The number of carbonyl (C=O) groups excluding carboxylic acids is 2. The minimum absolute atomic E-state index is 0.0419. The van der Waals surface area contributed by atoms with Gasteiger partial charge in [0.2, 0.25) is 5.75 Å². The number of carbonyl (C=O) groups is 2. The van der Waals surface area contributed by atoms with Crippen LogP contribution in [0.3, 0.4) is 0 Å². The van der Waals surface area contributed by atoms with E-state index >= 15 is 0 Å². The highest BCUT2D eigenvalue weighted by atomic mass is 16.5. The van der Waals surface area contributed by atoms with Crippen LogP contribution in [0.5, 0.6) is 17.2 Å². The van der Waals surface area contributed by atoms with Gasteiger partial charge in [0, 0.05) is 5.39 Å². The Labute approximate surface area is 164 Å². The summed E-state index contributed by atoms with van der Waals surface area (Å²) >= 11 is 0. The first-order valence-electron chi connectivity index (χ1n) is 8.38. The maximum absolute atomic E-state index is 12.6. The molecule has 1 heterocycles. The molecule has 0 radical (unpaired) electrons. The van der Waals surface area contributed by atoms with Crippen LogP contribution in [0.15, 0.2) is 41.2 Å². The van der Waals surface area contributed by atoms with Crippen LogP contribution in [-0.4, -0.2) is 43.3 Å². The number of ether oxygens (including phenoxy) is 3. The Hall–Kier alpha value is -4.08. The second-order valence-corrected chi connectivity index (χ2v) is 5.74. The summed E-state index contributed by atoms with van der Waals surface area (Å²) in [6.07, 6.45) is 0. The van der Waals surface area contributed by atoms with Gasteiger partial charge in [-0.15, -0.1) is 0 Å². The normalized spacial score (nSPS) is 10.3. The lowest BCUT2D eigenvalue weighted by Crippen LogP contribution is -2.42. The Morgan fingerprint density at radius 2 is 1.52 bits per heavy atom. The van der Waals surface area contributed by atoms with Crippen molar-refractivity contribution in [3.63, 3.8) is 0 Å². The van der Waals surface area contributed by atoms with Crippen molar-refractivity contribution in [2.24, 2.45) is 0 Å². The predicted octanol–water partition coefficient (Wildman–Crippen LogP) is 1.02. The molecule has 2 aromatic carbocycles. The summed E-state index contributed by atoms with van der Waals surface area (Å²) in [6, 6.07) is 9.51. The Kier molecular flexibility index (Phi) is 5.63. The number of nitrogens with one attached hydrogen (secondary N) is 3. The van der Waals surface area contributed by atoms with Crippen LogP contribution in [-0.2, 0) is 0 Å². The molecule has 0 aliphatic heterocycles. The van der Waals surface area contributed by atoms with E-state index in [2.05, 4.69) is 21.0 Å². The molecule has 0 unspecified atom stereocenters. The highest BCUT2D eigenvalue weighted by Gasteiger charge is 2.22. The molecule has 0 saturated carbocycles. The van der Waals surface area contributed by atoms with Crippen molar-refractivity contribution in [3.8, 4) is 17.2 Å². The van der Waals surface area contributed by atoms with E-state index in [-0.39, 0.29) is 22.8 Å². The summed E-state index contributed by atoms with van der Waals surface area (Å²) in [7, 11) is 4.25. The lowest BCUT2D eigenvalue weighted by Gasteiger charge is -2.15. The minimum Gasteiger partial charge on any atom is -0.493 e. The monoisotopic (exact) mass is 398 g/mol. The smallest absolute Gasteiger partial charge is 0.290 e. The van der Waals surface area contributed by atoms with E-state index in [0.717, 1.165) is 0 Å². The fraction of sp³-hybridized carbons (Fsp3) is 0.158. The summed E-state index contributed by atoms with van der Waals surface area (Å²) in [6.45, 7) is 0. The van der Waals surface area contributed by atoms with Crippen molar-refractivity contribution in [2.45, 2.75) is 0 Å². The number of fused-ring (bicyclic) bond motifs is 1. The molecule has 3 aromatic rings. The number of H-pyrrole nitrogens is 1. The third-order valence-electron chi connectivity index (χ3n) is 4.15. The Balaban J connectivity index is 1.84. The SMILES string of the molecule is COc1ccc(C(=O)NNC(=O)c2n[nH]c(=O)c3ccccc23)c(OC)c1OC. The molecule has 0 fully saturated rings. The van der Waals surface area contributed by atoms with Gasteiger partial charge in [-0.2, -0.15) is 5.10 Å². The van der Waals surface area contributed by atoms with Crippen molar-refractivity contribution in [2.75, 3.05) is 21.3 Å². The van der Waals surface area contributed by atoms with Gasteiger partial charge in [0.25, 0.3) is 17.4 Å². The molecule has 0 atom stereocenters. The number of rotatable bonds is 5. The van der Waals surface area contributed by atoms with Gasteiger partial charge >= 0.3 is 0 Å². The van der Waals surface area contributed by atoms with Crippen LogP contribution in [0, 0.1) is 0 Å². The molecule has 1 aromatic heterocycles. The second-order valence-electron chi connectivity index (χ2n) is 5.74. The van der Waals surface area contributed by atoms with Crippen LogP contribution >= 0.6 is 0 Å². The van der Waals surface area contributed by atoms with Gasteiger partial charge in [0.15, 0.2) is 17.2 Å². The van der Waals surface area contributed by atoms with Gasteiger partial charge in [-0.3, -0.25) is 25.2 Å². The van der Waals surface area contributed by atoms with Crippen molar-refractivity contribution in [1.82, 2.24) is 21.0 Å². The number of nitrogens with zero attached hydrogens (tertiary/aromatic N) is 1. The fourth-order valence-electron chi connectivity index (χ4n) is 2.81. The van der Waals surface area contributed by atoms with E-state index < -0.39 is 17.4 Å². The molecule has 2 amide bonds. The number of benzene rings is 2. The maximum atomic E-state index is 12.6. The van der Waals surface area contributed by atoms with Crippen molar-refractivity contribution < 1.29 is 23.8 Å².